The van der Waals surface area contributed by atoms with Crippen molar-refractivity contribution in [2.24, 2.45) is 0 Å². The van der Waals surface area contributed by atoms with Crippen LogP contribution in [-0.2, 0) is 0 Å². The van der Waals surface area contributed by atoms with E-state index >= 15 is 0 Å². The Bertz CT molecular complexity index is 375. The molecule has 1 fully saturated rings. The number of hydrogen-bond donors (Lipinski definition) is 2. The molecule has 2 N–H and O–H groups in total. The molecule has 0 heterocycles. The molecule has 0 bridgehead atoms. The van der Waals surface area contributed by atoms with Crippen molar-refractivity contribution in [1.29, 1.82) is 5.26 Å². The summed E-state index contributed by atoms with van der Waals surface area (Å²) in [5.74, 6) is 0. The van der Waals surface area contributed by atoms with E-state index in [2.05, 4.69) is 5.32 Å². The van der Waals surface area contributed by atoms with Gasteiger partial charge in [-0.15, -0.1) is 0 Å². The van der Waals surface area contributed by atoms with E-state index < -0.39 is 5.60 Å². The molecule has 3 nitrogen and oxygen atoms in total. The van der Waals surface area contributed by atoms with Gasteiger partial charge in [0.2, 0.25) is 0 Å². The minimum Gasteiger partial charge on any atom is -0.382 e. The minimum atomic E-state index is -1.09. The molecule has 0 spiro atoms. The quantitative estimate of drug-likeness (QED) is 0.746. The SMILES string of the molecule is N#CC1(O)CCC(Nc2ccccc2)CC1. The number of nitriles is 1. The third-order valence-corrected chi connectivity index (χ3v) is 3.17. The van der Waals surface area contributed by atoms with Crippen LogP contribution >= 0.6 is 0 Å². The highest BCUT2D eigenvalue weighted by Gasteiger charge is 2.32. The third-order valence-electron chi connectivity index (χ3n) is 3.17. The van der Waals surface area contributed by atoms with Crippen molar-refractivity contribution >= 4 is 5.69 Å². The molecule has 0 radical (unpaired) electrons. The molecule has 1 aliphatic carbocycles. The highest BCUT2D eigenvalue weighted by atomic mass is 16.3. The molecular formula is C13H16N2O. The summed E-state index contributed by atoms with van der Waals surface area (Å²) in [4.78, 5) is 0. The van der Waals surface area contributed by atoms with Gasteiger partial charge >= 0.3 is 0 Å². The molecule has 84 valence electrons. The van der Waals surface area contributed by atoms with Gasteiger partial charge in [-0.25, -0.2) is 0 Å². The summed E-state index contributed by atoms with van der Waals surface area (Å²) < 4.78 is 0. The number of hydrogen-bond acceptors (Lipinski definition) is 3. The van der Waals surface area contributed by atoms with E-state index in [1.54, 1.807) is 0 Å². The van der Waals surface area contributed by atoms with Crippen LogP contribution in [0.25, 0.3) is 0 Å². The zero-order valence-electron chi connectivity index (χ0n) is 9.19. The lowest BCUT2D eigenvalue weighted by molar-refractivity contribution is 0.0555. The second-order valence-electron chi connectivity index (χ2n) is 4.43. The molecule has 2 rings (SSSR count). The molecule has 0 unspecified atom stereocenters. The predicted molar refractivity (Wildman–Crippen MR) is 62.9 cm³/mol. The van der Waals surface area contributed by atoms with Crippen molar-refractivity contribution in [3.8, 4) is 6.07 Å². The van der Waals surface area contributed by atoms with Crippen molar-refractivity contribution in [2.75, 3.05) is 5.32 Å². The largest absolute Gasteiger partial charge is 0.382 e. The van der Waals surface area contributed by atoms with Crippen LogP contribution in [-0.4, -0.2) is 16.7 Å². The summed E-state index contributed by atoms with van der Waals surface area (Å²) in [5, 5.41) is 22.0. The van der Waals surface area contributed by atoms with Gasteiger partial charge in [0.1, 0.15) is 0 Å². The highest BCUT2D eigenvalue weighted by Crippen LogP contribution is 2.29. The summed E-state index contributed by atoms with van der Waals surface area (Å²) in [6, 6.07) is 12.4. The van der Waals surface area contributed by atoms with Gasteiger partial charge in [0.25, 0.3) is 0 Å². The lowest BCUT2D eigenvalue weighted by atomic mass is 9.83. The van der Waals surface area contributed by atoms with Crippen LogP contribution in [0.1, 0.15) is 25.7 Å². The van der Waals surface area contributed by atoms with E-state index in [9.17, 15) is 5.11 Å². The smallest absolute Gasteiger partial charge is 0.151 e. The van der Waals surface area contributed by atoms with E-state index in [0.29, 0.717) is 18.9 Å². The first-order valence-corrected chi connectivity index (χ1v) is 5.67. The van der Waals surface area contributed by atoms with Crippen LogP contribution in [0.5, 0.6) is 0 Å². The maximum absolute atomic E-state index is 9.77. The minimum absolute atomic E-state index is 0.371. The van der Waals surface area contributed by atoms with E-state index in [4.69, 9.17) is 5.26 Å². The summed E-state index contributed by atoms with van der Waals surface area (Å²) in [7, 11) is 0. The normalized spacial score (nSPS) is 29.4. The molecule has 0 atom stereocenters. The van der Waals surface area contributed by atoms with E-state index in [0.717, 1.165) is 18.5 Å². The van der Waals surface area contributed by atoms with Gasteiger partial charge in [-0.1, -0.05) is 18.2 Å². The van der Waals surface area contributed by atoms with Crippen molar-refractivity contribution in [3.63, 3.8) is 0 Å². The van der Waals surface area contributed by atoms with Crippen molar-refractivity contribution in [3.05, 3.63) is 30.3 Å². The maximum atomic E-state index is 9.77. The summed E-state index contributed by atoms with van der Waals surface area (Å²) in [5.41, 5.74) is 0.0180. The van der Waals surface area contributed by atoms with Crippen molar-refractivity contribution < 1.29 is 5.11 Å². The van der Waals surface area contributed by atoms with Crippen molar-refractivity contribution in [2.45, 2.75) is 37.3 Å². The summed E-state index contributed by atoms with van der Waals surface area (Å²) >= 11 is 0. The average Bonchev–Trinajstić information content (AvgIpc) is 2.34. The molecule has 1 aliphatic rings. The zero-order valence-corrected chi connectivity index (χ0v) is 9.19. The second kappa shape index (κ2) is 4.54. The Morgan fingerprint density at radius 2 is 1.88 bits per heavy atom. The first-order valence-electron chi connectivity index (χ1n) is 5.67. The first kappa shape index (κ1) is 11.0. The van der Waals surface area contributed by atoms with Crippen LogP contribution < -0.4 is 5.32 Å². The molecule has 0 saturated heterocycles. The fraction of sp³-hybridized carbons (Fsp3) is 0.462. The summed E-state index contributed by atoms with van der Waals surface area (Å²) in [6.45, 7) is 0. The van der Waals surface area contributed by atoms with Crippen LogP contribution in [0, 0.1) is 11.3 Å². The molecular weight excluding hydrogens is 200 g/mol. The van der Waals surface area contributed by atoms with E-state index in [1.165, 1.54) is 0 Å². The van der Waals surface area contributed by atoms with Gasteiger partial charge in [-0.2, -0.15) is 5.26 Å². The standard InChI is InChI=1S/C13H16N2O/c14-10-13(16)8-6-12(7-9-13)15-11-4-2-1-3-5-11/h1-5,12,15-16H,6-9H2. The predicted octanol–water partition coefficient (Wildman–Crippen LogP) is 2.30. The van der Waals surface area contributed by atoms with Crippen molar-refractivity contribution in [1.82, 2.24) is 0 Å². The van der Waals surface area contributed by atoms with Crippen LogP contribution in [0.2, 0.25) is 0 Å². The molecule has 0 aromatic heterocycles. The summed E-state index contributed by atoms with van der Waals surface area (Å²) in [6.07, 6.45) is 2.82. The van der Waals surface area contributed by atoms with Crippen LogP contribution in [0.15, 0.2) is 30.3 Å². The van der Waals surface area contributed by atoms with Gasteiger partial charge in [0.05, 0.1) is 6.07 Å². The Morgan fingerprint density at radius 3 is 2.44 bits per heavy atom. The fourth-order valence-corrected chi connectivity index (χ4v) is 2.12. The Kier molecular flexibility index (Phi) is 3.12. The third kappa shape index (κ3) is 2.53. The second-order valence-corrected chi connectivity index (χ2v) is 4.43. The first-order chi connectivity index (χ1) is 7.72. The number of nitrogens with one attached hydrogen (secondary N) is 1. The number of anilines is 1. The van der Waals surface area contributed by atoms with Gasteiger partial charge in [-0.05, 0) is 37.8 Å². The Hall–Kier alpha value is -1.53. The number of aliphatic hydroxyl groups is 1. The molecule has 0 aliphatic heterocycles. The number of benzene rings is 1. The molecule has 1 saturated carbocycles. The van der Waals surface area contributed by atoms with Gasteiger partial charge in [0.15, 0.2) is 5.60 Å². The topological polar surface area (TPSA) is 56.0 Å². The van der Waals surface area contributed by atoms with Gasteiger partial charge < -0.3 is 10.4 Å². The molecule has 1 aromatic rings. The van der Waals surface area contributed by atoms with Gasteiger partial charge in [-0.3, -0.25) is 0 Å². The Balaban J connectivity index is 1.89. The number of para-hydroxylation sites is 1. The maximum Gasteiger partial charge on any atom is 0.151 e. The van der Waals surface area contributed by atoms with E-state index in [-0.39, 0.29) is 0 Å². The molecule has 3 heteroatoms. The number of nitrogens with zero attached hydrogens (tertiary/aromatic N) is 1. The number of rotatable bonds is 2. The van der Waals surface area contributed by atoms with E-state index in [1.807, 2.05) is 36.4 Å². The average molecular weight is 216 g/mol. The highest BCUT2D eigenvalue weighted by molar-refractivity contribution is 5.43. The molecule has 0 amide bonds. The fourth-order valence-electron chi connectivity index (χ4n) is 2.12. The molecule has 1 aromatic carbocycles. The Labute approximate surface area is 95.7 Å². The monoisotopic (exact) mass is 216 g/mol. The lowest BCUT2D eigenvalue weighted by Gasteiger charge is -2.31. The molecule has 16 heavy (non-hydrogen) atoms. The van der Waals surface area contributed by atoms with Crippen LogP contribution in [0.4, 0.5) is 5.69 Å². The Morgan fingerprint density at radius 1 is 1.25 bits per heavy atom. The lowest BCUT2D eigenvalue weighted by Crippen LogP contribution is -2.37. The van der Waals surface area contributed by atoms with Crippen LogP contribution in [0.3, 0.4) is 0 Å². The van der Waals surface area contributed by atoms with Gasteiger partial charge in [0, 0.05) is 11.7 Å². The zero-order chi connectivity index (χ0) is 11.4.